The van der Waals surface area contributed by atoms with Crippen LogP contribution in [0.15, 0.2) is 0 Å². The number of carboxylic acid groups (broad SMARTS) is 1. The van der Waals surface area contributed by atoms with Gasteiger partial charge in [-0.2, -0.15) is 0 Å². The molecule has 1 unspecified atom stereocenters. The Morgan fingerprint density at radius 3 is 2.39 bits per heavy atom. The Kier molecular flexibility index (Phi) is 4.09. The smallest absolute Gasteiger partial charge is 0.317 e. The molecule has 1 heterocycles. The maximum absolute atomic E-state index is 12.0. The van der Waals surface area contributed by atoms with Gasteiger partial charge in [-0.3, -0.25) is 4.79 Å². The van der Waals surface area contributed by atoms with Crippen LogP contribution in [-0.2, 0) is 4.79 Å². The number of piperidine rings is 1. The lowest BCUT2D eigenvalue weighted by molar-refractivity contribution is -0.143. The summed E-state index contributed by atoms with van der Waals surface area (Å²) >= 11 is 0. The number of rotatable bonds is 4. The van der Waals surface area contributed by atoms with Gasteiger partial charge in [0.15, 0.2) is 0 Å². The van der Waals surface area contributed by atoms with Gasteiger partial charge in [-0.1, -0.05) is 12.8 Å². The highest BCUT2D eigenvalue weighted by Crippen LogP contribution is 2.33. The number of urea groups is 1. The Labute approximate surface area is 108 Å². The van der Waals surface area contributed by atoms with Gasteiger partial charge in [-0.25, -0.2) is 4.79 Å². The van der Waals surface area contributed by atoms with E-state index in [0.29, 0.717) is 25.9 Å². The third kappa shape index (κ3) is 3.62. The van der Waals surface area contributed by atoms with Gasteiger partial charge in [-0.05, 0) is 32.1 Å². The first-order chi connectivity index (χ1) is 8.56. The van der Waals surface area contributed by atoms with Crippen LogP contribution in [0.1, 0.15) is 39.0 Å². The van der Waals surface area contributed by atoms with E-state index in [-0.39, 0.29) is 18.0 Å². The van der Waals surface area contributed by atoms with E-state index < -0.39 is 5.97 Å². The topological polar surface area (TPSA) is 69.6 Å². The van der Waals surface area contributed by atoms with Crippen molar-refractivity contribution in [2.45, 2.75) is 45.1 Å². The predicted octanol–water partition coefficient (Wildman–Crippen LogP) is 1.68. The second-order valence-corrected chi connectivity index (χ2v) is 5.63. The molecule has 0 spiro atoms. The fourth-order valence-corrected chi connectivity index (χ4v) is 2.54. The predicted molar refractivity (Wildman–Crippen MR) is 67.3 cm³/mol. The van der Waals surface area contributed by atoms with Gasteiger partial charge >= 0.3 is 12.0 Å². The lowest BCUT2D eigenvalue weighted by Crippen LogP contribution is -2.48. The Morgan fingerprint density at radius 2 is 1.89 bits per heavy atom. The van der Waals surface area contributed by atoms with Gasteiger partial charge in [0.25, 0.3) is 0 Å². The van der Waals surface area contributed by atoms with Crippen LogP contribution in [0.4, 0.5) is 4.79 Å². The van der Waals surface area contributed by atoms with Gasteiger partial charge in [0.1, 0.15) is 0 Å². The molecule has 1 aliphatic heterocycles. The standard InChI is InChI=1S/C13H22N2O3/c1-9(8-10-2-3-10)14-13(18)15-6-4-11(5-7-15)12(16)17/h9-11H,2-8H2,1H3,(H,14,18)(H,16,17). The summed E-state index contributed by atoms with van der Waals surface area (Å²) in [5, 5.41) is 11.9. The molecule has 0 bridgehead atoms. The first kappa shape index (κ1) is 13.2. The molecule has 2 amide bonds. The molecule has 1 saturated heterocycles. The molecule has 2 N–H and O–H groups in total. The van der Waals surface area contributed by atoms with E-state index in [9.17, 15) is 9.59 Å². The highest BCUT2D eigenvalue weighted by atomic mass is 16.4. The summed E-state index contributed by atoms with van der Waals surface area (Å²) in [5.74, 6) is -0.215. The quantitative estimate of drug-likeness (QED) is 0.802. The van der Waals surface area contributed by atoms with Crippen molar-refractivity contribution >= 4 is 12.0 Å². The summed E-state index contributed by atoms with van der Waals surface area (Å²) in [7, 11) is 0. The molecule has 5 heteroatoms. The second-order valence-electron chi connectivity index (χ2n) is 5.63. The number of amides is 2. The molecule has 18 heavy (non-hydrogen) atoms. The van der Waals surface area contributed by atoms with E-state index in [2.05, 4.69) is 5.32 Å². The van der Waals surface area contributed by atoms with E-state index in [0.717, 1.165) is 12.3 Å². The monoisotopic (exact) mass is 254 g/mol. The SMILES string of the molecule is CC(CC1CC1)NC(=O)N1CCC(C(=O)O)CC1. The largest absolute Gasteiger partial charge is 0.481 e. The minimum atomic E-state index is -0.739. The third-order valence-electron chi connectivity index (χ3n) is 3.89. The van der Waals surface area contributed by atoms with E-state index in [1.54, 1.807) is 4.90 Å². The van der Waals surface area contributed by atoms with Crippen LogP contribution in [-0.4, -0.2) is 41.1 Å². The fraction of sp³-hybridized carbons (Fsp3) is 0.846. The van der Waals surface area contributed by atoms with Gasteiger partial charge in [0.05, 0.1) is 5.92 Å². The number of carbonyl (C=O) groups is 2. The first-order valence-corrected chi connectivity index (χ1v) is 6.84. The summed E-state index contributed by atoms with van der Waals surface area (Å²) in [5.41, 5.74) is 0. The van der Waals surface area contributed by atoms with Gasteiger partial charge in [0.2, 0.25) is 0 Å². The van der Waals surface area contributed by atoms with E-state index in [1.165, 1.54) is 12.8 Å². The van der Waals surface area contributed by atoms with Crippen LogP contribution in [0.2, 0.25) is 0 Å². The van der Waals surface area contributed by atoms with Crippen LogP contribution < -0.4 is 5.32 Å². The van der Waals surface area contributed by atoms with Gasteiger partial charge < -0.3 is 15.3 Å². The molecular formula is C13H22N2O3. The molecule has 0 radical (unpaired) electrons. The molecule has 0 aromatic rings. The maximum Gasteiger partial charge on any atom is 0.317 e. The van der Waals surface area contributed by atoms with Gasteiger partial charge in [0, 0.05) is 19.1 Å². The Balaban J connectivity index is 1.71. The van der Waals surface area contributed by atoms with Crippen molar-refractivity contribution in [3.63, 3.8) is 0 Å². The fourth-order valence-electron chi connectivity index (χ4n) is 2.54. The number of nitrogens with zero attached hydrogens (tertiary/aromatic N) is 1. The average molecular weight is 254 g/mol. The Bertz CT molecular complexity index is 320. The lowest BCUT2D eigenvalue weighted by Gasteiger charge is -2.31. The number of hydrogen-bond donors (Lipinski definition) is 2. The molecule has 1 saturated carbocycles. The van der Waals surface area contributed by atoms with Crippen molar-refractivity contribution in [1.29, 1.82) is 0 Å². The van der Waals surface area contributed by atoms with Crippen molar-refractivity contribution in [2.24, 2.45) is 11.8 Å². The zero-order valence-electron chi connectivity index (χ0n) is 10.9. The summed E-state index contributed by atoms with van der Waals surface area (Å²) in [6.45, 7) is 3.15. The average Bonchev–Trinajstić information content (AvgIpc) is 3.12. The van der Waals surface area contributed by atoms with E-state index in [1.807, 2.05) is 6.92 Å². The summed E-state index contributed by atoms with van der Waals surface area (Å²) in [6.07, 6.45) is 4.80. The van der Waals surface area contributed by atoms with Crippen molar-refractivity contribution in [1.82, 2.24) is 10.2 Å². The highest BCUT2D eigenvalue weighted by Gasteiger charge is 2.28. The van der Waals surface area contributed by atoms with Crippen molar-refractivity contribution in [3.8, 4) is 0 Å². The molecule has 0 aromatic carbocycles. The first-order valence-electron chi connectivity index (χ1n) is 6.84. The van der Waals surface area contributed by atoms with Crippen LogP contribution in [0.3, 0.4) is 0 Å². The minimum Gasteiger partial charge on any atom is -0.481 e. The maximum atomic E-state index is 12.0. The van der Waals surface area contributed by atoms with Crippen LogP contribution in [0.5, 0.6) is 0 Å². The third-order valence-corrected chi connectivity index (χ3v) is 3.89. The van der Waals surface area contributed by atoms with Crippen molar-refractivity contribution in [3.05, 3.63) is 0 Å². The molecule has 2 aliphatic rings. The number of likely N-dealkylation sites (tertiary alicyclic amines) is 1. The Morgan fingerprint density at radius 1 is 1.28 bits per heavy atom. The molecule has 2 rings (SSSR count). The Hall–Kier alpha value is -1.26. The lowest BCUT2D eigenvalue weighted by atomic mass is 9.97. The van der Waals surface area contributed by atoms with Crippen LogP contribution in [0, 0.1) is 11.8 Å². The number of nitrogens with one attached hydrogen (secondary N) is 1. The number of hydrogen-bond acceptors (Lipinski definition) is 2. The summed E-state index contributed by atoms with van der Waals surface area (Å²) in [4.78, 5) is 24.5. The van der Waals surface area contributed by atoms with Crippen LogP contribution >= 0.6 is 0 Å². The normalized spacial score (nSPS) is 22.6. The zero-order valence-corrected chi connectivity index (χ0v) is 10.9. The molecule has 1 aliphatic carbocycles. The van der Waals surface area contributed by atoms with E-state index >= 15 is 0 Å². The molecule has 5 nitrogen and oxygen atoms in total. The van der Waals surface area contributed by atoms with Gasteiger partial charge in [-0.15, -0.1) is 0 Å². The van der Waals surface area contributed by atoms with E-state index in [4.69, 9.17) is 5.11 Å². The number of carbonyl (C=O) groups excluding carboxylic acids is 1. The number of carboxylic acids is 1. The highest BCUT2D eigenvalue weighted by molar-refractivity contribution is 5.75. The molecule has 2 fully saturated rings. The van der Waals surface area contributed by atoms with Crippen molar-refractivity contribution < 1.29 is 14.7 Å². The minimum absolute atomic E-state index is 0.0352. The summed E-state index contributed by atoms with van der Waals surface area (Å²) in [6, 6.07) is 0.189. The van der Waals surface area contributed by atoms with Crippen molar-refractivity contribution in [2.75, 3.05) is 13.1 Å². The molecule has 1 atom stereocenters. The molecular weight excluding hydrogens is 232 g/mol. The van der Waals surface area contributed by atoms with Crippen LogP contribution in [0.25, 0.3) is 0 Å². The zero-order chi connectivity index (χ0) is 13.1. The second kappa shape index (κ2) is 5.59. The molecule has 102 valence electrons. The molecule has 0 aromatic heterocycles. The summed E-state index contributed by atoms with van der Waals surface area (Å²) < 4.78 is 0. The number of aliphatic carboxylic acids is 1.